The first kappa shape index (κ1) is 18.2. The molecule has 0 aliphatic heterocycles. The Kier molecular flexibility index (Phi) is 5.80. The number of esters is 1. The largest absolute Gasteiger partial charge is 0.496 e. The van der Waals surface area contributed by atoms with Crippen LogP contribution in [0.1, 0.15) is 44.6 Å². The molecule has 0 aliphatic rings. The number of methoxy groups -OCH3 is 1. The van der Waals surface area contributed by atoms with Crippen molar-refractivity contribution in [2.45, 2.75) is 20.5 Å². The normalized spacial score (nSPS) is 10.5. The summed E-state index contributed by atoms with van der Waals surface area (Å²) in [7, 11) is 1.54. The molecule has 1 heterocycles. The predicted octanol–water partition coefficient (Wildman–Crippen LogP) is 2.99. The van der Waals surface area contributed by atoms with Gasteiger partial charge in [0.1, 0.15) is 11.4 Å². The van der Waals surface area contributed by atoms with Gasteiger partial charge in [-0.3, -0.25) is 4.79 Å². The maximum absolute atomic E-state index is 12.8. The number of hydrogen-bond acceptors (Lipinski definition) is 5. The summed E-state index contributed by atoms with van der Waals surface area (Å²) in [5, 5.41) is 9.54. The molecule has 0 bridgehead atoms. The first-order valence-corrected chi connectivity index (χ1v) is 8.11. The zero-order chi connectivity index (χ0) is 17.9. The minimum absolute atomic E-state index is 0.178. The molecule has 0 spiro atoms. The van der Waals surface area contributed by atoms with Crippen molar-refractivity contribution in [1.82, 2.24) is 4.98 Å². The van der Waals surface area contributed by atoms with Gasteiger partial charge >= 0.3 is 5.97 Å². The molecular formula is C17H18BrNO5. The van der Waals surface area contributed by atoms with E-state index in [0.29, 0.717) is 21.3 Å². The minimum Gasteiger partial charge on any atom is -0.496 e. The Balaban J connectivity index is 2.49. The Morgan fingerprint density at radius 2 is 2.04 bits per heavy atom. The number of rotatable bonds is 6. The number of aliphatic hydroxyl groups excluding tert-OH is 1. The third kappa shape index (κ3) is 3.37. The van der Waals surface area contributed by atoms with Crippen LogP contribution in [0.25, 0.3) is 0 Å². The molecule has 1 aromatic carbocycles. The second-order valence-corrected chi connectivity index (χ2v) is 5.89. The van der Waals surface area contributed by atoms with Gasteiger partial charge in [0.25, 0.3) is 0 Å². The van der Waals surface area contributed by atoms with Crippen LogP contribution >= 0.6 is 15.9 Å². The Labute approximate surface area is 147 Å². The Bertz CT molecular complexity index is 782. The maximum Gasteiger partial charge on any atom is 0.355 e. The third-order valence-electron chi connectivity index (χ3n) is 3.61. The number of halogens is 1. The van der Waals surface area contributed by atoms with Crippen molar-refractivity contribution >= 4 is 27.7 Å². The number of carbonyl (C=O) groups is 2. The van der Waals surface area contributed by atoms with Gasteiger partial charge in [-0.2, -0.15) is 0 Å². The van der Waals surface area contributed by atoms with Crippen molar-refractivity contribution in [2.75, 3.05) is 13.7 Å². The Hall–Kier alpha value is -2.12. The zero-order valence-corrected chi connectivity index (χ0v) is 15.2. The lowest BCUT2D eigenvalue weighted by atomic mass is 9.99. The van der Waals surface area contributed by atoms with Gasteiger partial charge < -0.3 is 19.6 Å². The third-order valence-corrected chi connectivity index (χ3v) is 4.23. The highest BCUT2D eigenvalue weighted by Crippen LogP contribution is 2.28. The SMILES string of the molecule is CCOC(=O)c1[nH]c(CO)c(C(=O)c2ccc(OC)c(Br)c2)c1C. The van der Waals surface area contributed by atoms with Gasteiger partial charge in [-0.05, 0) is 53.5 Å². The van der Waals surface area contributed by atoms with E-state index in [-0.39, 0.29) is 29.3 Å². The molecule has 1 aromatic heterocycles. The van der Waals surface area contributed by atoms with Crippen LogP contribution in [0.2, 0.25) is 0 Å². The van der Waals surface area contributed by atoms with Crippen LogP contribution < -0.4 is 4.74 Å². The van der Waals surface area contributed by atoms with Crippen molar-refractivity contribution in [1.29, 1.82) is 0 Å². The van der Waals surface area contributed by atoms with E-state index in [0.717, 1.165) is 0 Å². The van der Waals surface area contributed by atoms with Gasteiger partial charge in [-0.1, -0.05) is 0 Å². The average molecular weight is 396 g/mol. The Morgan fingerprint density at radius 1 is 1.33 bits per heavy atom. The lowest BCUT2D eigenvalue weighted by Crippen LogP contribution is -2.08. The molecule has 0 atom stereocenters. The van der Waals surface area contributed by atoms with Crippen molar-refractivity contribution in [3.63, 3.8) is 0 Å². The fourth-order valence-corrected chi connectivity index (χ4v) is 2.98. The number of aromatic amines is 1. The summed E-state index contributed by atoms with van der Waals surface area (Å²) >= 11 is 3.34. The van der Waals surface area contributed by atoms with E-state index in [9.17, 15) is 14.7 Å². The molecule has 7 heteroatoms. The topological polar surface area (TPSA) is 88.6 Å². The molecule has 2 rings (SSSR count). The van der Waals surface area contributed by atoms with Crippen LogP contribution in [-0.2, 0) is 11.3 Å². The maximum atomic E-state index is 12.8. The van der Waals surface area contributed by atoms with Gasteiger partial charge in [-0.15, -0.1) is 0 Å². The minimum atomic E-state index is -0.556. The summed E-state index contributed by atoms with van der Waals surface area (Å²) in [5.74, 6) is -0.252. The Morgan fingerprint density at radius 3 is 2.58 bits per heavy atom. The number of benzene rings is 1. The average Bonchev–Trinajstić information content (AvgIpc) is 2.91. The van der Waals surface area contributed by atoms with Gasteiger partial charge in [-0.25, -0.2) is 4.79 Å². The number of carbonyl (C=O) groups excluding carboxylic acids is 2. The first-order chi connectivity index (χ1) is 11.4. The van der Waals surface area contributed by atoms with E-state index < -0.39 is 12.6 Å². The monoisotopic (exact) mass is 395 g/mol. The quantitative estimate of drug-likeness (QED) is 0.579. The number of nitrogens with one attached hydrogen (secondary N) is 1. The number of hydrogen-bond donors (Lipinski definition) is 2. The van der Waals surface area contributed by atoms with Crippen molar-refractivity contribution in [2.24, 2.45) is 0 Å². The summed E-state index contributed by atoms with van der Waals surface area (Å²) in [6.45, 7) is 3.18. The molecule has 0 fully saturated rings. The molecule has 6 nitrogen and oxygen atoms in total. The van der Waals surface area contributed by atoms with E-state index in [4.69, 9.17) is 9.47 Å². The van der Waals surface area contributed by atoms with Crippen LogP contribution in [0.3, 0.4) is 0 Å². The van der Waals surface area contributed by atoms with Gasteiger partial charge in [0, 0.05) is 11.1 Å². The fraction of sp³-hybridized carbons (Fsp3) is 0.294. The van der Waals surface area contributed by atoms with Crippen LogP contribution in [0, 0.1) is 6.92 Å². The summed E-state index contributed by atoms with van der Waals surface area (Å²) < 4.78 is 10.8. The van der Waals surface area contributed by atoms with Crippen molar-refractivity contribution in [3.05, 3.63) is 50.8 Å². The number of ketones is 1. The number of aliphatic hydroxyl groups is 1. The van der Waals surface area contributed by atoms with E-state index >= 15 is 0 Å². The van der Waals surface area contributed by atoms with Crippen molar-refractivity contribution < 1.29 is 24.2 Å². The molecule has 2 aromatic rings. The molecule has 24 heavy (non-hydrogen) atoms. The van der Waals surface area contributed by atoms with Gasteiger partial charge in [0.05, 0.1) is 30.5 Å². The predicted molar refractivity (Wildman–Crippen MR) is 91.5 cm³/mol. The molecule has 0 radical (unpaired) electrons. The standard InChI is InChI=1S/C17H18BrNO5/c1-4-24-17(22)15-9(2)14(12(8-20)19-15)16(21)10-5-6-13(23-3)11(18)7-10/h5-7,19-20H,4,8H2,1-3H3. The van der Waals surface area contributed by atoms with Crippen LogP contribution in [0.4, 0.5) is 0 Å². The summed E-state index contributed by atoms with van der Waals surface area (Å²) in [6.07, 6.45) is 0. The highest BCUT2D eigenvalue weighted by atomic mass is 79.9. The van der Waals surface area contributed by atoms with Gasteiger partial charge in [0.2, 0.25) is 0 Å². The summed E-state index contributed by atoms with van der Waals surface area (Å²) in [4.78, 5) is 27.6. The molecule has 0 saturated carbocycles. The van der Waals surface area contributed by atoms with Crippen LogP contribution in [0.5, 0.6) is 5.75 Å². The number of aromatic nitrogens is 1. The van der Waals surface area contributed by atoms with E-state index in [1.807, 2.05) is 0 Å². The molecule has 0 saturated heterocycles. The second kappa shape index (κ2) is 7.63. The van der Waals surface area contributed by atoms with Crippen LogP contribution in [0.15, 0.2) is 22.7 Å². The zero-order valence-electron chi connectivity index (χ0n) is 13.6. The molecule has 0 unspecified atom stereocenters. The fourth-order valence-electron chi connectivity index (χ4n) is 2.44. The van der Waals surface area contributed by atoms with Crippen molar-refractivity contribution in [3.8, 4) is 5.75 Å². The number of ether oxygens (including phenoxy) is 2. The van der Waals surface area contributed by atoms with E-state index in [2.05, 4.69) is 20.9 Å². The molecular weight excluding hydrogens is 378 g/mol. The summed E-state index contributed by atoms with van der Waals surface area (Å²) in [6, 6.07) is 4.94. The number of H-pyrrole nitrogens is 1. The highest BCUT2D eigenvalue weighted by molar-refractivity contribution is 9.10. The molecule has 0 aliphatic carbocycles. The summed E-state index contributed by atoms with van der Waals surface area (Å²) in [5.41, 5.74) is 1.60. The second-order valence-electron chi connectivity index (χ2n) is 5.04. The van der Waals surface area contributed by atoms with Crippen LogP contribution in [-0.4, -0.2) is 35.6 Å². The van der Waals surface area contributed by atoms with E-state index in [1.54, 1.807) is 32.0 Å². The lowest BCUT2D eigenvalue weighted by Gasteiger charge is -2.07. The first-order valence-electron chi connectivity index (χ1n) is 7.32. The van der Waals surface area contributed by atoms with Gasteiger partial charge in [0.15, 0.2) is 5.78 Å². The molecule has 128 valence electrons. The smallest absolute Gasteiger partial charge is 0.355 e. The van der Waals surface area contributed by atoms with E-state index in [1.165, 1.54) is 7.11 Å². The molecule has 2 N–H and O–H groups in total. The highest BCUT2D eigenvalue weighted by Gasteiger charge is 2.25. The lowest BCUT2D eigenvalue weighted by molar-refractivity contribution is 0.0519. The molecule has 0 amide bonds.